The van der Waals surface area contributed by atoms with Gasteiger partial charge in [0.2, 0.25) is 0 Å². The lowest BCUT2D eigenvalue weighted by Gasteiger charge is -2.33. The number of hydrogen-bond donors (Lipinski definition) is 1. The van der Waals surface area contributed by atoms with Gasteiger partial charge in [-0.15, -0.1) is 0 Å². The normalized spacial score (nSPS) is 17.6. The molecule has 1 aliphatic heterocycles. The van der Waals surface area contributed by atoms with Crippen LogP contribution in [0.4, 0.5) is 0 Å². The smallest absolute Gasteiger partial charge is 0.331 e. The van der Waals surface area contributed by atoms with Crippen LogP contribution in [0, 0.1) is 0 Å². The molecule has 1 aliphatic rings. The van der Waals surface area contributed by atoms with Gasteiger partial charge in [-0.2, -0.15) is 0 Å². The summed E-state index contributed by atoms with van der Waals surface area (Å²) in [4.78, 5) is 38.4. The van der Waals surface area contributed by atoms with E-state index in [0.29, 0.717) is 12.5 Å². The first-order valence-electron chi connectivity index (χ1n) is 9.30. The van der Waals surface area contributed by atoms with Crippen molar-refractivity contribution < 1.29 is 4.79 Å². The van der Waals surface area contributed by atoms with Crippen LogP contribution >= 0.6 is 0 Å². The van der Waals surface area contributed by atoms with Gasteiger partial charge in [-0.1, -0.05) is 30.3 Å². The van der Waals surface area contributed by atoms with Crippen molar-refractivity contribution in [3.63, 3.8) is 0 Å². The summed E-state index contributed by atoms with van der Waals surface area (Å²) < 4.78 is 2.18. The first-order chi connectivity index (χ1) is 13.0. The fourth-order valence-corrected chi connectivity index (χ4v) is 3.62. The van der Waals surface area contributed by atoms with Crippen molar-refractivity contribution in [2.24, 2.45) is 14.1 Å². The largest absolute Gasteiger partial charge is 0.349 e. The Hall–Kier alpha value is -2.67. The lowest BCUT2D eigenvalue weighted by molar-refractivity contribution is 0.0935. The van der Waals surface area contributed by atoms with Crippen LogP contribution in [0.3, 0.4) is 0 Å². The molecule has 0 saturated carbocycles. The minimum absolute atomic E-state index is 0.0870. The number of nitrogens with zero attached hydrogens (tertiary/aromatic N) is 3. The van der Waals surface area contributed by atoms with Crippen LogP contribution in [-0.2, 0) is 14.1 Å². The van der Waals surface area contributed by atoms with Gasteiger partial charge in [-0.05, 0) is 30.9 Å². The third-order valence-corrected chi connectivity index (χ3v) is 5.25. The number of benzene rings is 1. The summed E-state index contributed by atoms with van der Waals surface area (Å²) in [6, 6.07) is 11.7. The van der Waals surface area contributed by atoms with E-state index in [2.05, 4.69) is 34.5 Å². The molecular formula is C20H26N4O3. The predicted octanol–water partition coefficient (Wildman–Crippen LogP) is 0.693. The van der Waals surface area contributed by atoms with Crippen molar-refractivity contribution in [3.05, 3.63) is 68.5 Å². The maximum atomic E-state index is 12.4. The molecule has 2 aromatic rings. The van der Waals surface area contributed by atoms with Gasteiger partial charge in [0.1, 0.15) is 5.69 Å². The number of aromatic nitrogens is 2. The second-order valence-corrected chi connectivity index (χ2v) is 7.07. The Morgan fingerprint density at radius 3 is 2.63 bits per heavy atom. The summed E-state index contributed by atoms with van der Waals surface area (Å²) in [5.74, 6) is 0.123. The van der Waals surface area contributed by atoms with Crippen LogP contribution in [0.15, 0.2) is 46.0 Å². The van der Waals surface area contributed by atoms with Gasteiger partial charge < -0.3 is 10.2 Å². The predicted molar refractivity (Wildman–Crippen MR) is 104 cm³/mol. The Morgan fingerprint density at radius 1 is 1.15 bits per heavy atom. The van der Waals surface area contributed by atoms with Crippen LogP contribution in [-0.4, -0.2) is 46.1 Å². The number of carbonyl (C=O) groups is 1. The molecule has 2 heterocycles. The Labute approximate surface area is 158 Å². The van der Waals surface area contributed by atoms with Gasteiger partial charge >= 0.3 is 5.69 Å². The van der Waals surface area contributed by atoms with Gasteiger partial charge in [-0.3, -0.25) is 18.7 Å². The monoisotopic (exact) mass is 370 g/mol. The highest BCUT2D eigenvalue weighted by Gasteiger charge is 2.21. The van der Waals surface area contributed by atoms with Gasteiger partial charge in [0.15, 0.2) is 0 Å². The highest BCUT2D eigenvalue weighted by Crippen LogP contribution is 2.26. The summed E-state index contributed by atoms with van der Waals surface area (Å²) >= 11 is 0. The molecule has 7 nitrogen and oxygen atoms in total. The van der Waals surface area contributed by atoms with Crippen molar-refractivity contribution in [1.82, 2.24) is 19.4 Å². The quantitative estimate of drug-likeness (QED) is 0.840. The molecular weight excluding hydrogens is 344 g/mol. The SMILES string of the molecule is Cn1c(C(=O)NCCN2CCCC(c3ccccc3)C2)cc(=O)n(C)c1=O. The Bertz CT molecular complexity index is 917. The van der Waals surface area contributed by atoms with Crippen molar-refractivity contribution in [2.45, 2.75) is 18.8 Å². The van der Waals surface area contributed by atoms with Gasteiger partial charge in [0.25, 0.3) is 11.5 Å². The van der Waals surface area contributed by atoms with E-state index < -0.39 is 17.2 Å². The number of hydrogen-bond acceptors (Lipinski definition) is 4. The maximum absolute atomic E-state index is 12.4. The zero-order valence-corrected chi connectivity index (χ0v) is 15.9. The second kappa shape index (κ2) is 8.35. The van der Waals surface area contributed by atoms with Crippen molar-refractivity contribution in [3.8, 4) is 0 Å². The molecule has 27 heavy (non-hydrogen) atoms. The first-order valence-corrected chi connectivity index (χ1v) is 9.30. The van der Waals surface area contributed by atoms with E-state index in [1.54, 1.807) is 0 Å². The van der Waals surface area contributed by atoms with Crippen LogP contribution in [0.2, 0.25) is 0 Å². The average Bonchev–Trinajstić information content (AvgIpc) is 2.70. The van der Waals surface area contributed by atoms with Gasteiger partial charge in [0.05, 0.1) is 0 Å². The van der Waals surface area contributed by atoms with Crippen molar-refractivity contribution >= 4 is 5.91 Å². The number of nitrogens with one attached hydrogen (secondary N) is 1. The summed E-state index contributed by atoms with van der Waals surface area (Å²) in [6.45, 7) is 3.21. The summed E-state index contributed by atoms with van der Waals surface area (Å²) in [5, 5.41) is 2.83. The molecule has 144 valence electrons. The van der Waals surface area contributed by atoms with Crippen LogP contribution in [0.1, 0.15) is 34.8 Å². The first kappa shape index (κ1) is 19.1. The lowest BCUT2D eigenvalue weighted by atomic mass is 9.91. The number of amides is 1. The van der Waals surface area contributed by atoms with E-state index in [1.165, 1.54) is 36.7 Å². The summed E-state index contributed by atoms with van der Waals surface area (Å²) in [6.07, 6.45) is 2.32. The standard InChI is InChI=1S/C20H26N4O3/c1-22-17(13-18(25)23(2)20(22)27)19(26)21-10-12-24-11-6-9-16(14-24)15-7-4-3-5-8-15/h3-5,7-8,13,16H,6,9-12,14H2,1-2H3,(H,21,26). The minimum atomic E-state index is -0.505. The number of piperidine rings is 1. The molecule has 1 N–H and O–H groups in total. The number of rotatable bonds is 5. The summed E-state index contributed by atoms with van der Waals surface area (Å²) in [7, 11) is 2.89. The number of likely N-dealkylation sites (tertiary alicyclic amines) is 1. The zero-order valence-electron chi connectivity index (χ0n) is 15.9. The zero-order chi connectivity index (χ0) is 19.4. The molecule has 1 unspecified atom stereocenters. The van der Waals surface area contributed by atoms with Gasteiger partial charge in [0, 0.05) is 39.8 Å². The molecule has 1 atom stereocenters. The molecule has 3 rings (SSSR count). The minimum Gasteiger partial charge on any atom is -0.349 e. The third kappa shape index (κ3) is 4.36. The topological polar surface area (TPSA) is 76.3 Å². The van der Waals surface area contributed by atoms with Crippen LogP contribution < -0.4 is 16.6 Å². The van der Waals surface area contributed by atoms with Crippen LogP contribution in [0.5, 0.6) is 0 Å². The number of carbonyl (C=O) groups excluding carboxylic acids is 1. The average molecular weight is 370 g/mol. The molecule has 7 heteroatoms. The second-order valence-electron chi connectivity index (χ2n) is 7.07. The molecule has 0 radical (unpaired) electrons. The Balaban J connectivity index is 1.56. The van der Waals surface area contributed by atoms with Crippen molar-refractivity contribution in [2.75, 3.05) is 26.2 Å². The molecule has 1 saturated heterocycles. The lowest BCUT2D eigenvalue weighted by Crippen LogP contribution is -2.43. The van der Waals surface area contributed by atoms with E-state index >= 15 is 0 Å². The molecule has 1 aromatic heterocycles. The molecule has 0 bridgehead atoms. The van der Waals surface area contributed by atoms with E-state index in [1.807, 2.05) is 6.07 Å². The van der Waals surface area contributed by atoms with E-state index in [0.717, 1.165) is 30.6 Å². The molecule has 1 amide bonds. The van der Waals surface area contributed by atoms with Crippen LogP contribution in [0.25, 0.3) is 0 Å². The third-order valence-electron chi connectivity index (χ3n) is 5.25. The molecule has 1 aromatic carbocycles. The van der Waals surface area contributed by atoms with E-state index in [4.69, 9.17) is 0 Å². The fourth-order valence-electron chi connectivity index (χ4n) is 3.62. The van der Waals surface area contributed by atoms with Gasteiger partial charge in [-0.25, -0.2) is 4.79 Å². The van der Waals surface area contributed by atoms with E-state index in [9.17, 15) is 14.4 Å². The summed E-state index contributed by atoms with van der Waals surface area (Å²) in [5.41, 5.74) is 0.463. The highest BCUT2D eigenvalue weighted by molar-refractivity contribution is 5.92. The molecule has 0 aliphatic carbocycles. The van der Waals surface area contributed by atoms with E-state index in [-0.39, 0.29) is 5.69 Å². The maximum Gasteiger partial charge on any atom is 0.331 e. The molecule has 1 fully saturated rings. The highest BCUT2D eigenvalue weighted by atomic mass is 16.2. The fraction of sp³-hybridized carbons (Fsp3) is 0.450. The van der Waals surface area contributed by atoms with Crippen molar-refractivity contribution in [1.29, 1.82) is 0 Å². The molecule has 0 spiro atoms. The Kier molecular flexibility index (Phi) is 5.91. The Morgan fingerprint density at radius 2 is 1.89 bits per heavy atom.